The Morgan fingerprint density at radius 1 is 1.64 bits per heavy atom. The molecule has 0 saturated heterocycles. The number of carbonyl (C=O) groups is 1. The summed E-state index contributed by atoms with van der Waals surface area (Å²) in [7, 11) is 0. The van der Waals surface area contributed by atoms with Crippen molar-refractivity contribution in [1.29, 1.82) is 0 Å². The third-order valence-electron chi connectivity index (χ3n) is 0.804. The number of hydrogen-bond donors (Lipinski definition) is 3. The predicted octanol–water partition coefficient (Wildman–Crippen LogP) is 0.695. The van der Waals surface area contributed by atoms with Crippen LogP contribution in [0.25, 0.3) is 0 Å². The zero-order chi connectivity index (χ0) is 8.27. The van der Waals surface area contributed by atoms with E-state index in [0.717, 1.165) is 0 Å². The summed E-state index contributed by atoms with van der Waals surface area (Å²) >= 11 is 8.92. The van der Waals surface area contributed by atoms with Crippen LogP contribution in [0.2, 0.25) is 0 Å². The first-order valence-corrected chi connectivity index (χ1v) is 4.55. The molecular weight excluding hydrogens is 202 g/mol. The Labute approximate surface area is 78.2 Å². The van der Waals surface area contributed by atoms with Crippen molar-refractivity contribution in [2.24, 2.45) is 0 Å². The molecule has 0 bridgehead atoms. The zero-order valence-corrected chi connectivity index (χ0v) is 7.92. The van der Waals surface area contributed by atoms with E-state index in [0.29, 0.717) is 9.47 Å². The summed E-state index contributed by atoms with van der Waals surface area (Å²) < 4.78 is 0.527. The molecule has 1 aromatic heterocycles. The van der Waals surface area contributed by atoms with Gasteiger partial charge in [0.1, 0.15) is 0 Å². The third kappa shape index (κ3) is 2.68. The number of hydrogen-bond acceptors (Lipinski definition) is 6. The van der Waals surface area contributed by atoms with Crippen molar-refractivity contribution in [1.82, 2.24) is 10.2 Å². The molecule has 0 fully saturated rings. The molecule has 0 radical (unpaired) electrons. The average Bonchev–Trinajstić information content (AvgIpc) is 2.35. The Hall–Kier alpha value is -0.270. The Morgan fingerprint density at radius 2 is 2.36 bits per heavy atom. The van der Waals surface area contributed by atoms with Crippen molar-refractivity contribution in [3.05, 3.63) is 0 Å². The van der Waals surface area contributed by atoms with Gasteiger partial charge in [0.15, 0.2) is 4.34 Å². The van der Waals surface area contributed by atoms with Crippen molar-refractivity contribution in [3.63, 3.8) is 0 Å². The molecule has 4 nitrogen and oxygen atoms in total. The predicted molar refractivity (Wildman–Crippen MR) is 49.6 cm³/mol. The van der Waals surface area contributed by atoms with Gasteiger partial charge in [0.2, 0.25) is 11.0 Å². The van der Waals surface area contributed by atoms with E-state index in [1.807, 2.05) is 0 Å². The molecule has 60 valence electrons. The lowest BCUT2D eigenvalue weighted by atomic mass is 10.7. The van der Waals surface area contributed by atoms with Gasteiger partial charge in [-0.25, -0.2) is 0 Å². The highest BCUT2D eigenvalue weighted by molar-refractivity contribution is 7.82. The lowest BCUT2D eigenvalue weighted by Crippen LogP contribution is -2.12. The number of carbonyl (C=O) groups excluding carboxylic acids is 1. The van der Waals surface area contributed by atoms with Gasteiger partial charge < -0.3 is 0 Å². The minimum absolute atomic E-state index is 0.140. The molecule has 0 aliphatic carbocycles. The standard InChI is InChI=1S/C4H5N3OS3/c8-2(1-9)5-3-6-7-4(10)11-3/h9H,1H2,(H,7,10)(H,5,6,8). The fourth-order valence-corrected chi connectivity index (χ4v) is 1.31. The van der Waals surface area contributed by atoms with Crippen molar-refractivity contribution >= 4 is 47.6 Å². The van der Waals surface area contributed by atoms with E-state index in [2.05, 4.69) is 40.8 Å². The maximum absolute atomic E-state index is 10.7. The van der Waals surface area contributed by atoms with Crippen LogP contribution >= 0.6 is 36.6 Å². The SMILES string of the molecule is O=C(CS)Nc1nnc(S)s1. The number of nitrogens with zero attached hydrogens (tertiary/aromatic N) is 2. The van der Waals surface area contributed by atoms with Crippen LogP contribution in [0.1, 0.15) is 0 Å². The van der Waals surface area contributed by atoms with Gasteiger partial charge in [-0.15, -0.1) is 22.8 Å². The molecule has 0 aliphatic rings. The quantitative estimate of drug-likeness (QED) is 0.494. The van der Waals surface area contributed by atoms with E-state index in [4.69, 9.17) is 0 Å². The molecule has 11 heavy (non-hydrogen) atoms. The van der Waals surface area contributed by atoms with Gasteiger partial charge in [-0.1, -0.05) is 11.3 Å². The molecule has 0 saturated carbocycles. The third-order valence-corrected chi connectivity index (χ3v) is 2.10. The van der Waals surface area contributed by atoms with Crippen molar-refractivity contribution < 1.29 is 4.79 Å². The smallest absolute Gasteiger partial charge is 0.235 e. The van der Waals surface area contributed by atoms with Crippen LogP contribution in [-0.2, 0) is 4.79 Å². The maximum Gasteiger partial charge on any atom is 0.235 e. The van der Waals surface area contributed by atoms with Gasteiger partial charge in [-0.2, -0.15) is 12.6 Å². The first kappa shape index (κ1) is 8.82. The topological polar surface area (TPSA) is 54.9 Å². The van der Waals surface area contributed by atoms with Gasteiger partial charge in [0, 0.05) is 0 Å². The molecular formula is C4H5N3OS3. The molecule has 0 aliphatic heterocycles. The van der Waals surface area contributed by atoms with Gasteiger partial charge in [-0.3, -0.25) is 10.1 Å². The van der Waals surface area contributed by atoms with Crippen molar-refractivity contribution in [2.75, 3.05) is 11.1 Å². The zero-order valence-electron chi connectivity index (χ0n) is 5.31. The lowest BCUT2D eigenvalue weighted by molar-refractivity contribution is -0.113. The second kappa shape index (κ2) is 3.93. The summed E-state index contributed by atoms with van der Waals surface area (Å²) in [6, 6.07) is 0. The van der Waals surface area contributed by atoms with Gasteiger partial charge in [-0.05, 0) is 0 Å². The molecule has 1 heterocycles. The minimum Gasteiger partial charge on any atom is -0.300 e. The minimum atomic E-state index is -0.196. The first-order valence-electron chi connectivity index (χ1n) is 2.65. The highest BCUT2D eigenvalue weighted by Crippen LogP contribution is 2.17. The number of amides is 1. The Morgan fingerprint density at radius 3 is 2.82 bits per heavy atom. The number of thiol groups is 2. The van der Waals surface area contributed by atoms with Gasteiger partial charge in [0.25, 0.3) is 0 Å². The monoisotopic (exact) mass is 207 g/mol. The van der Waals surface area contributed by atoms with Crippen LogP contribution in [0.5, 0.6) is 0 Å². The Kier molecular flexibility index (Phi) is 3.16. The fourth-order valence-electron chi connectivity index (χ4n) is 0.425. The maximum atomic E-state index is 10.7. The van der Waals surface area contributed by atoms with Crippen LogP contribution in [0, 0.1) is 0 Å². The highest BCUT2D eigenvalue weighted by Gasteiger charge is 2.03. The average molecular weight is 207 g/mol. The fraction of sp³-hybridized carbons (Fsp3) is 0.250. The van der Waals surface area contributed by atoms with Gasteiger partial charge in [0.05, 0.1) is 5.75 Å². The van der Waals surface area contributed by atoms with Crippen LogP contribution in [0.3, 0.4) is 0 Å². The van der Waals surface area contributed by atoms with Crippen LogP contribution in [0.4, 0.5) is 5.13 Å². The molecule has 1 amide bonds. The molecule has 0 aromatic carbocycles. The van der Waals surface area contributed by atoms with Crippen LogP contribution in [0.15, 0.2) is 4.34 Å². The summed E-state index contributed by atoms with van der Waals surface area (Å²) in [4.78, 5) is 10.7. The van der Waals surface area contributed by atoms with Crippen molar-refractivity contribution in [3.8, 4) is 0 Å². The molecule has 1 rings (SSSR count). The normalized spacial score (nSPS) is 9.64. The van der Waals surface area contributed by atoms with E-state index in [1.165, 1.54) is 11.3 Å². The molecule has 1 aromatic rings. The molecule has 0 unspecified atom stereocenters. The second-order valence-electron chi connectivity index (χ2n) is 1.60. The number of anilines is 1. The second-order valence-corrected chi connectivity index (χ2v) is 3.62. The summed E-state index contributed by atoms with van der Waals surface area (Å²) in [5.74, 6) is -0.0561. The molecule has 0 spiro atoms. The summed E-state index contributed by atoms with van der Waals surface area (Å²) in [5, 5.41) is 10.2. The van der Waals surface area contributed by atoms with Crippen LogP contribution < -0.4 is 5.32 Å². The Bertz CT molecular complexity index is 261. The number of nitrogens with one attached hydrogen (secondary N) is 1. The number of rotatable bonds is 2. The van der Waals surface area contributed by atoms with E-state index in [9.17, 15) is 4.79 Å². The Balaban J connectivity index is 2.57. The molecule has 0 atom stereocenters. The summed E-state index contributed by atoms with van der Waals surface area (Å²) in [6.07, 6.45) is 0. The molecule has 7 heteroatoms. The van der Waals surface area contributed by atoms with Crippen LogP contribution in [-0.4, -0.2) is 21.9 Å². The first-order chi connectivity index (χ1) is 5.22. The largest absolute Gasteiger partial charge is 0.300 e. The van der Waals surface area contributed by atoms with Crippen molar-refractivity contribution in [2.45, 2.75) is 4.34 Å². The van der Waals surface area contributed by atoms with E-state index in [1.54, 1.807) is 0 Å². The number of aromatic nitrogens is 2. The molecule has 1 N–H and O–H groups in total. The highest BCUT2D eigenvalue weighted by atomic mass is 32.2. The van der Waals surface area contributed by atoms with E-state index in [-0.39, 0.29) is 11.7 Å². The lowest BCUT2D eigenvalue weighted by Gasteiger charge is -1.93. The summed E-state index contributed by atoms with van der Waals surface area (Å²) in [5.41, 5.74) is 0. The van der Waals surface area contributed by atoms with E-state index >= 15 is 0 Å². The summed E-state index contributed by atoms with van der Waals surface area (Å²) in [6.45, 7) is 0. The van der Waals surface area contributed by atoms with E-state index < -0.39 is 0 Å². The van der Waals surface area contributed by atoms with Gasteiger partial charge >= 0.3 is 0 Å².